The van der Waals surface area contributed by atoms with E-state index in [2.05, 4.69) is 43.2 Å². The van der Waals surface area contributed by atoms with Gasteiger partial charge in [0.05, 0.1) is 26.4 Å². The average molecular weight is 386 g/mol. The summed E-state index contributed by atoms with van der Waals surface area (Å²) in [6, 6.07) is 10.1. The van der Waals surface area contributed by atoms with Crippen LogP contribution in [0.3, 0.4) is 0 Å². The molecule has 0 amide bonds. The lowest BCUT2D eigenvalue weighted by molar-refractivity contribution is 0.0947. The highest BCUT2D eigenvalue weighted by molar-refractivity contribution is 5.95. The summed E-state index contributed by atoms with van der Waals surface area (Å²) >= 11 is 0. The van der Waals surface area contributed by atoms with Gasteiger partial charge in [-0.25, -0.2) is 0 Å². The highest BCUT2D eigenvalue weighted by atomic mass is 16.5. The van der Waals surface area contributed by atoms with Crippen molar-refractivity contribution in [2.45, 2.75) is 27.3 Å². The first kappa shape index (κ1) is 21.7. The lowest BCUT2D eigenvalue weighted by Crippen LogP contribution is -2.42. The van der Waals surface area contributed by atoms with Crippen LogP contribution in [0.15, 0.2) is 63.7 Å². The number of amidine groups is 1. The van der Waals surface area contributed by atoms with E-state index in [0.29, 0.717) is 38.1 Å². The predicted molar refractivity (Wildman–Crippen MR) is 114 cm³/mol. The molecule has 1 aromatic rings. The minimum absolute atomic E-state index is 0.0255. The quantitative estimate of drug-likeness (QED) is 0.426. The fraction of sp³-hybridized carbons (Fsp3) is 0.429. The fourth-order valence-corrected chi connectivity index (χ4v) is 2.59. The molecule has 1 heterocycles. The summed E-state index contributed by atoms with van der Waals surface area (Å²) in [4.78, 5) is 4.76. The number of rotatable bonds is 10. The molecular weight excluding hydrogens is 354 g/mol. The second-order valence-corrected chi connectivity index (χ2v) is 6.75. The number of nitrogens with zero attached hydrogens (tertiary/aromatic N) is 3. The zero-order valence-corrected chi connectivity index (χ0v) is 17.0. The van der Waals surface area contributed by atoms with Crippen LogP contribution in [-0.2, 0) is 11.3 Å². The molecule has 0 bridgehead atoms. The van der Waals surface area contributed by atoms with Crippen LogP contribution in [0.2, 0.25) is 0 Å². The predicted octanol–water partition coefficient (Wildman–Crippen LogP) is 2.43. The molecule has 2 rings (SSSR count). The third-order valence-corrected chi connectivity index (χ3v) is 4.40. The van der Waals surface area contributed by atoms with E-state index in [1.54, 1.807) is 5.01 Å². The van der Waals surface area contributed by atoms with Crippen LogP contribution in [0.25, 0.3) is 0 Å². The molecule has 0 radical (unpaired) electrons. The van der Waals surface area contributed by atoms with Crippen molar-refractivity contribution in [1.82, 2.24) is 15.6 Å². The molecule has 0 saturated carbocycles. The Bertz CT molecular complexity index is 726. The lowest BCUT2D eigenvalue weighted by Gasteiger charge is -2.31. The molecule has 0 spiro atoms. The Morgan fingerprint density at radius 2 is 2.04 bits per heavy atom. The largest absolute Gasteiger partial charge is 0.394 e. The third-order valence-electron chi connectivity index (χ3n) is 4.40. The number of hydrogen-bond acceptors (Lipinski definition) is 6. The number of aliphatic hydroxyl groups excluding tert-OH is 1. The zero-order chi connectivity index (χ0) is 20.4. The summed E-state index contributed by atoms with van der Waals surface area (Å²) < 4.78 is 5.31. The lowest BCUT2D eigenvalue weighted by atomic mass is 10.0. The summed E-state index contributed by atoms with van der Waals surface area (Å²) in [6.45, 7) is 12.1. The molecule has 0 unspecified atom stereocenters. The van der Waals surface area contributed by atoms with Gasteiger partial charge in [0.15, 0.2) is 5.84 Å². The summed E-state index contributed by atoms with van der Waals surface area (Å²) in [7, 11) is 0. The Hall–Kier alpha value is -2.64. The van der Waals surface area contributed by atoms with Gasteiger partial charge in [0.1, 0.15) is 11.6 Å². The van der Waals surface area contributed by atoms with Crippen LogP contribution in [0.1, 0.15) is 26.3 Å². The van der Waals surface area contributed by atoms with Crippen LogP contribution < -0.4 is 10.6 Å². The topological polar surface area (TPSA) is 81.5 Å². The molecule has 7 heteroatoms. The molecular formula is C21H31N5O2. The van der Waals surface area contributed by atoms with E-state index >= 15 is 0 Å². The SMILES string of the molecule is C=NN1C(=NCc2ccccc2)C=C(NCCOCCO)N/C1=C(/C)C(C)C. The Morgan fingerprint density at radius 1 is 1.29 bits per heavy atom. The minimum atomic E-state index is 0.0255. The summed E-state index contributed by atoms with van der Waals surface area (Å²) in [5, 5.41) is 21.4. The summed E-state index contributed by atoms with van der Waals surface area (Å²) in [6.07, 6.45) is 1.92. The number of hydrazone groups is 1. The minimum Gasteiger partial charge on any atom is -0.394 e. The number of nitrogens with one attached hydrogen (secondary N) is 2. The van der Waals surface area contributed by atoms with Gasteiger partial charge in [-0.1, -0.05) is 44.2 Å². The molecule has 0 atom stereocenters. The van der Waals surface area contributed by atoms with Gasteiger partial charge in [0, 0.05) is 19.3 Å². The van der Waals surface area contributed by atoms with Gasteiger partial charge >= 0.3 is 0 Å². The van der Waals surface area contributed by atoms with Crippen molar-refractivity contribution in [3.8, 4) is 0 Å². The molecule has 7 nitrogen and oxygen atoms in total. The smallest absolute Gasteiger partial charge is 0.155 e. The van der Waals surface area contributed by atoms with E-state index in [9.17, 15) is 0 Å². The van der Waals surface area contributed by atoms with Gasteiger partial charge in [-0.3, -0.25) is 4.99 Å². The Labute approximate surface area is 167 Å². The first-order valence-electron chi connectivity index (χ1n) is 9.54. The van der Waals surface area contributed by atoms with E-state index in [-0.39, 0.29) is 6.61 Å². The zero-order valence-electron chi connectivity index (χ0n) is 17.0. The van der Waals surface area contributed by atoms with Crippen LogP contribution >= 0.6 is 0 Å². The van der Waals surface area contributed by atoms with Gasteiger partial charge in [0.25, 0.3) is 0 Å². The maximum absolute atomic E-state index is 8.79. The molecule has 0 aromatic heterocycles. The van der Waals surface area contributed by atoms with Gasteiger partial charge < -0.3 is 20.5 Å². The van der Waals surface area contributed by atoms with E-state index in [1.807, 2.05) is 36.4 Å². The van der Waals surface area contributed by atoms with Crippen molar-refractivity contribution in [2.75, 3.05) is 26.4 Å². The Morgan fingerprint density at radius 3 is 2.68 bits per heavy atom. The Kier molecular flexibility index (Phi) is 8.71. The van der Waals surface area contributed by atoms with E-state index in [1.165, 1.54) is 0 Å². The number of hydrogen-bond donors (Lipinski definition) is 3. The van der Waals surface area contributed by atoms with Crippen LogP contribution in [0.4, 0.5) is 0 Å². The maximum Gasteiger partial charge on any atom is 0.155 e. The van der Waals surface area contributed by atoms with E-state index < -0.39 is 0 Å². The molecule has 1 aliphatic heterocycles. The van der Waals surface area contributed by atoms with Gasteiger partial charge in [-0.15, -0.1) is 0 Å². The van der Waals surface area contributed by atoms with Crippen molar-refractivity contribution in [2.24, 2.45) is 16.0 Å². The second kappa shape index (κ2) is 11.3. The van der Waals surface area contributed by atoms with Gasteiger partial charge in [0.2, 0.25) is 0 Å². The normalized spacial score (nSPS) is 17.4. The molecule has 0 aliphatic carbocycles. The standard InChI is InChI=1S/C21H31N5O2/c1-16(2)17(3)21-25-19(23-10-12-28-13-11-27)14-20(26(21)22-4)24-15-18-8-6-5-7-9-18/h5-9,14,16,23,25,27H,4,10-13,15H2,1-3H3/b21-17+,24-20?. The van der Waals surface area contributed by atoms with Gasteiger partial charge in [-0.2, -0.15) is 10.1 Å². The molecule has 1 aromatic carbocycles. The van der Waals surface area contributed by atoms with Crippen molar-refractivity contribution < 1.29 is 9.84 Å². The molecule has 28 heavy (non-hydrogen) atoms. The van der Waals surface area contributed by atoms with Crippen molar-refractivity contribution in [3.05, 3.63) is 59.2 Å². The molecule has 0 saturated heterocycles. The first-order chi connectivity index (χ1) is 13.6. The monoisotopic (exact) mass is 385 g/mol. The number of aliphatic imine (C=N–C) groups is 1. The van der Waals surface area contributed by atoms with Crippen molar-refractivity contribution in [1.29, 1.82) is 0 Å². The maximum atomic E-state index is 8.79. The van der Waals surface area contributed by atoms with Crippen LogP contribution in [0, 0.1) is 5.92 Å². The highest BCUT2D eigenvalue weighted by Gasteiger charge is 2.23. The summed E-state index contributed by atoms with van der Waals surface area (Å²) in [5.41, 5.74) is 2.28. The molecule has 3 N–H and O–H groups in total. The third kappa shape index (κ3) is 6.21. The Balaban J connectivity index is 2.24. The van der Waals surface area contributed by atoms with Crippen LogP contribution in [-0.4, -0.2) is 49.0 Å². The number of ether oxygens (including phenoxy) is 1. The summed E-state index contributed by atoms with van der Waals surface area (Å²) in [5.74, 6) is 2.74. The average Bonchev–Trinajstić information content (AvgIpc) is 2.71. The molecule has 0 fully saturated rings. The highest BCUT2D eigenvalue weighted by Crippen LogP contribution is 2.21. The number of benzene rings is 1. The second-order valence-electron chi connectivity index (χ2n) is 6.75. The molecule has 152 valence electrons. The number of allylic oxidation sites excluding steroid dienone is 1. The molecule has 1 aliphatic rings. The fourth-order valence-electron chi connectivity index (χ4n) is 2.59. The van der Waals surface area contributed by atoms with Gasteiger partial charge in [-0.05, 0) is 24.0 Å². The van der Waals surface area contributed by atoms with Crippen molar-refractivity contribution >= 4 is 12.6 Å². The number of aliphatic hydroxyl groups is 1. The van der Waals surface area contributed by atoms with E-state index in [0.717, 1.165) is 22.8 Å². The first-order valence-corrected chi connectivity index (χ1v) is 9.54. The van der Waals surface area contributed by atoms with E-state index in [4.69, 9.17) is 14.8 Å². The van der Waals surface area contributed by atoms with Crippen molar-refractivity contribution in [3.63, 3.8) is 0 Å². The van der Waals surface area contributed by atoms with Crippen LogP contribution in [0.5, 0.6) is 0 Å².